The Morgan fingerprint density at radius 1 is 1.46 bits per heavy atom. The molecule has 0 spiro atoms. The Morgan fingerprint density at radius 3 is 2.62 bits per heavy atom. The second-order valence-electron chi connectivity index (χ2n) is 2.75. The second kappa shape index (κ2) is 4.45. The van der Waals surface area contributed by atoms with Gasteiger partial charge in [0.2, 0.25) is 0 Å². The number of hydrogen-bond acceptors (Lipinski definition) is 2. The Bertz CT molecular complexity index is 298. The molecule has 0 bridgehead atoms. The van der Waals surface area contributed by atoms with E-state index in [4.69, 9.17) is 4.74 Å². The molecule has 1 rings (SSSR count). The molecule has 0 unspecified atom stereocenters. The third-order valence-electron chi connectivity index (χ3n) is 1.62. The fourth-order valence-corrected chi connectivity index (χ4v) is 0.908. The minimum Gasteiger partial charge on any atom is -0.458 e. The highest BCUT2D eigenvalue weighted by Gasteiger charge is 2.04. The number of hydrogen-bond donors (Lipinski definition) is 0. The summed E-state index contributed by atoms with van der Waals surface area (Å²) in [4.78, 5) is 11.2. The van der Waals surface area contributed by atoms with E-state index in [2.05, 4.69) is 6.58 Å². The monoisotopic (exact) mass is 176 g/mol. The van der Waals surface area contributed by atoms with Crippen molar-refractivity contribution in [2.24, 2.45) is 0 Å². The molecule has 0 heterocycles. The summed E-state index contributed by atoms with van der Waals surface area (Å²) in [5.74, 6) is -0.306. The summed E-state index contributed by atoms with van der Waals surface area (Å²) in [6, 6.07) is 7.26. The molecular weight excluding hydrogens is 164 g/mol. The van der Waals surface area contributed by atoms with Crippen LogP contribution in [-0.2, 0) is 4.74 Å². The minimum atomic E-state index is -0.306. The zero-order valence-corrected chi connectivity index (χ0v) is 7.62. The third-order valence-corrected chi connectivity index (χ3v) is 1.62. The fraction of sp³-hybridized carbons (Fsp3) is 0.182. The van der Waals surface area contributed by atoms with Gasteiger partial charge in [-0.1, -0.05) is 30.4 Å². The van der Waals surface area contributed by atoms with Gasteiger partial charge in [-0.05, 0) is 19.1 Å². The van der Waals surface area contributed by atoms with Crippen molar-refractivity contribution in [3.05, 3.63) is 48.0 Å². The maximum atomic E-state index is 11.2. The van der Waals surface area contributed by atoms with Crippen LogP contribution in [-0.4, -0.2) is 12.6 Å². The lowest BCUT2D eigenvalue weighted by molar-refractivity contribution is 0.0550. The molecule has 2 heteroatoms. The van der Waals surface area contributed by atoms with E-state index in [1.807, 2.05) is 19.1 Å². The average Bonchev–Trinajstić information content (AvgIpc) is 2.15. The van der Waals surface area contributed by atoms with Gasteiger partial charge in [0.25, 0.3) is 0 Å². The lowest BCUT2D eigenvalue weighted by Gasteiger charge is -2.01. The highest BCUT2D eigenvalue weighted by atomic mass is 16.5. The van der Waals surface area contributed by atoms with Gasteiger partial charge in [-0.25, -0.2) is 4.79 Å². The summed E-state index contributed by atoms with van der Waals surface area (Å²) in [5, 5.41) is 0. The Hall–Kier alpha value is -1.57. The smallest absolute Gasteiger partial charge is 0.338 e. The van der Waals surface area contributed by atoms with Crippen molar-refractivity contribution in [1.29, 1.82) is 0 Å². The molecular formula is C11H12O2. The Labute approximate surface area is 77.8 Å². The summed E-state index contributed by atoms with van der Waals surface area (Å²) in [5.41, 5.74) is 1.70. The van der Waals surface area contributed by atoms with Gasteiger partial charge in [0.05, 0.1) is 5.56 Å². The molecule has 0 saturated carbocycles. The van der Waals surface area contributed by atoms with Crippen molar-refractivity contribution >= 4 is 5.97 Å². The quantitative estimate of drug-likeness (QED) is 0.522. The fourth-order valence-electron chi connectivity index (χ4n) is 0.908. The van der Waals surface area contributed by atoms with Crippen molar-refractivity contribution in [1.82, 2.24) is 0 Å². The normalized spacial score (nSPS) is 9.31. The molecule has 0 aromatic heterocycles. The number of esters is 1. The van der Waals surface area contributed by atoms with E-state index in [1.165, 1.54) is 0 Å². The molecule has 0 amide bonds. The predicted molar refractivity (Wildman–Crippen MR) is 51.7 cm³/mol. The van der Waals surface area contributed by atoms with Gasteiger partial charge < -0.3 is 4.74 Å². The number of benzene rings is 1. The van der Waals surface area contributed by atoms with Gasteiger partial charge >= 0.3 is 5.97 Å². The molecule has 0 saturated heterocycles. The average molecular weight is 176 g/mol. The van der Waals surface area contributed by atoms with Gasteiger partial charge in [-0.3, -0.25) is 0 Å². The van der Waals surface area contributed by atoms with Crippen LogP contribution in [0.2, 0.25) is 0 Å². The van der Waals surface area contributed by atoms with Crippen molar-refractivity contribution in [3.8, 4) is 0 Å². The standard InChI is InChI=1S/C11H12O2/c1-3-8-13-11(12)10-6-4-9(2)5-7-10/h3-7H,1,8H2,2H3. The van der Waals surface area contributed by atoms with Crippen LogP contribution in [0.3, 0.4) is 0 Å². The Morgan fingerprint density at radius 2 is 2.08 bits per heavy atom. The number of ether oxygens (including phenoxy) is 1. The zero-order chi connectivity index (χ0) is 9.68. The van der Waals surface area contributed by atoms with E-state index in [-0.39, 0.29) is 12.6 Å². The molecule has 0 aliphatic heterocycles. The summed E-state index contributed by atoms with van der Waals surface area (Å²) >= 11 is 0. The molecule has 1 aromatic rings. The van der Waals surface area contributed by atoms with Crippen LogP contribution >= 0.6 is 0 Å². The van der Waals surface area contributed by atoms with Crippen molar-refractivity contribution in [2.45, 2.75) is 6.92 Å². The van der Waals surface area contributed by atoms with Crippen molar-refractivity contribution < 1.29 is 9.53 Å². The van der Waals surface area contributed by atoms with Crippen LogP contribution in [0.15, 0.2) is 36.9 Å². The molecule has 0 fully saturated rings. The number of carbonyl (C=O) groups excluding carboxylic acids is 1. The van der Waals surface area contributed by atoms with Gasteiger partial charge in [-0.2, -0.15) is 0 Å². The molecule has 68 valence electrons. The molecule has 1 aromatic carbocycles. The number of carbonyl (C=O) groups is 1. The third kappa shape index (κ3) is 2.75. The van der Waals surface area contributed by atoms with E-state index < -0.39 is 0 Å². The molecule has 0 radical (unpaired) electrons. The summed E-state index contributed by atoms with van der Waals surface area (Å²) in [6.07, 6.45) is 1.55. The molecule has 0 aliphatic rings. The lowest BCUT2D eigenvalue weighted by Crippen LogP contribution is -2.04. The molecule has 0 N–H and O–H groups in total. The van der Waals surface area contributed by atoms with Crippen LogP contribution in [0, 0.1) is 6.92 Å². The van der Waals surface area contributed by atoms with E-state index in [1.54, 1.807) is 18.2 Å². The SMILES string of the molecule is C=CCOC(=O)c1ccc(C)cc1. The van der Waals surface area contributed by atoms with E-state index in [0.29, 0.717) is 5.56 Å². The first kappa shape index (κ1) is 9.52. The van der Waals surface area contributed by atoms with E-state index in [9.17, 15) is 4.79 Å². The molecule has 0 atom stereocenters. The first-order chi connectivity index (χ1) is 6.24. The van der Waals surface area contributed by atoms with Gasteiger partial charge in [0, 0.05) is 0 Å². The van der Waals surface area contributed by atoms with E-state index in [0.717, 1.165) is 5.56 Å². The first-order valence-corrected chi connectivity index (χ1v) is 4.08. The Kier molecular flexibility index (Phi) is 3.26. The van der Waals surface area contributed by atoms with Gasteiger partial charge in [0.15, 0.2) is 0 Å². The number of rotatable bonds is 3. The molecule has 13 heavy (non-hydrogen) atoms. The van der Waals surface area contributed by atoms with Crippen LogP contribution in [0.5, 0.6) is 0 Å². The van der Waals surface area contributed by atoms with E-state index >= 15 is 0 Å². The largest absolute Gasteiger partial charge is 0.458 e. The second-order valence-corrected chi connectivity index (χ2v) is 2.75. The maximum Gasteiger partial charge on any atom is 0.338 e. The van der Waals surface area contributed by atoms with Crippen LogP contribution in [0.1, 0.15) is 15.9 Å². The molecule has 2 nitrogen and oxygen atoms in total. The highest BCUT2D eigenvalue weighted by Crippen LogP contribution is 2.04. The van der Waals surface area contributed by atoms with Crippen molar-refractivity contribution in [2.75, 3.05) is 6.61 Å². The van der Waals surface area contributed by atoms with Crippen molar-refractivity contribution in [3.63, 3.8) is 0 Å². The summed E-state index contributed by atoms with van der Waals surface area (Å²) in [7, 11) is 0. The summed E-state index contributed by atoms with van der Waals surface area (Å²) < 4.78 is 4.86. The first-order valence-electron chi connectivity index (χ1n) is 4.08. The molecule has 0 aliphatic carbocycles. The summed E-state index contributed by atoms with van der Waals surface area (Å²) in [6.45, 7) is 5.69. The highest BCUT2D eigenvalue weighted by molar-refractivity contribution is 5.89. The lowest BCUT2D eigenvalue weighted by atomic mass is 10.1. The van der Waals surface area contributed by atoms with Crippen LogP contribution < -0.4 is 0 Å². The number of aryl methyl sites for hydroxylation is 1. The zero-order valence-electron chi connectivity index (χ0n) is 7.62. The van der Waals surface area contributed by atoms with Gasteiger partial charge in [0.1, 0.15) is 6.61 Å². The minimum absolute atomic E-state index is 0.257. The Balaban J connectivity index is 2.66. The van der Waals surface area contributed by atoms with Gasteiger partial charge in [-0.15, -0.1) is 0 Å². The maximum absolute atomic E-state index is 11.2. The van der Waals surface area contributed by atoms with Crippen LogP contribution in [0.4, 0.5) is 0 Å². The predicted octanol–water partition coefficient (Wildman–Crippen LogP) is 2.34. The topological polar surface area (TPSA) is 26.3 Å². The van der Waals surface area contributed by atoms with Crippen LogP contribution in [0.25, 0.3) is 0 Å².